The van der Waals surface area contributed by atoms with E-state index in [1.54, 1.807) is 42.5 Å². The zero-order valence-electron chi connectivity index (χ0n) is 13.7. The Balaban J connectivity index is 1.86. The third kappa shape index (κ3) is 5.93. The van der Waals surface area contributed by atoms with Gasteiger partial charge in [0.2, 0.25) is 0 Å². The number of ether oxygens (including phenoxy) is 1. The summed E-state index contributed by atoms with van der Waals surface area (Å²) in [6, 6.07) is 13.8. The van der Waals surface area contributed by atoms with Crippen LogP contribution in [-0.4, -0.2) is 31.2 Å². The van der Waals surface area contributed by atoms with Crippen LogP contribution in [0.4, 0.5) is 0 Å². The number of rotatable bonds is 7. The summed E-state index contributed by atoms with van der Waals surface area (Å²) in [6.07, 6.45) is 1.44. The lowest BCUT2D eigenvalue weighted by molar-refractivity contribution is -0.120. The summed E-state index contributed by atoms with van der Waals surface area (Å²) < 4.78 is 5.46. The van der Waals surface area contributed by atoms with Crippen LogP contribution in [-0.2, 0) is 4.79 Å². The Morgan fingerprint density at radius 2 is 1.96 bits per heavy atom. The molecule has 0 saturated heterocycles. The van der Waals surface area contributed by atoms with Crippen LogP contribution in [0.1, 0.15) is 22.8 Å². The highest BCUT2D eigenvalue weighted by molar-refractivity contribution is 6.30. The standard InChI is InChI=1S/C18H18ClN3O3/c1-2-25-16-9-8-15(19)10-14(16)11-21-22-17(23)12-20-18(24)13-6-4-3-5-7-13/h3-11H,2,12H2,1H3,(H,20,24)(H,22,23)/b21-11-. The Kier molecular flexibility index (Phi) is 6.98. The number of amides is 2. The van der Waals surface area contributed by atoms with Crippen molar-refractivity contribution in [2.75, 3.05) is 13.2 Å². The van der Waals surface area contributed by atoms with Crippen molar-refractivity contribution in [1.29, 1.82) is 0 Å². The summed E-state index contributed by atoms with van der Waals surface area (Å²) in [6.45, 7) is 2.19. The van der Waals surface area contributed by atoms with Crippen molar-refractivity contribution >= 4 is 29.6 Å². The van der Waals surface area contributed by atoms with E-state index in [2.05, 4.69) is 15.8 Å². The summed E-state index contributed by atoms with van der Waals surface area (Å²) in [7, 11) is 0. The van der Waals surface area contributed by atoms with E-state index in [1.807, 2.05) is 13.0 Å². The molecule has 2 aromatic rings. The number of halogens is 1. The van der Waals surface area contributed by atoms with Gasteiger partial charge in [-0.1, -0.05) is 29.8 Å². The smallest absolute Gasteiger partial charge is 0.259 e. The molecular weight excluding hydrogens is 342 g/mol. The third-order valence-corrected chi connectivity index (χ3v) is 3.35. The first kappa shape index (κ1) is 18.5. The first-order chi connectivity index (χ1) is 12.1. The molecule has 0 spiro atoms. The van der Waals surface area contributed by atoms with Crippen LogP contribution in [0.2, 0.25) is 5.02 Å². The van der Waals surface area contributed by atoms with Crippen LogP contribution in [0.15, 0.2) is 53.6 Å². The summed E-state index contributed by atoms with van der Waals surface area (Å²) >= 11 is 5.95. The van der Waals surface area contributed by atoms with E-state index in [1.165, 1.54) is 6.21 Å². The van der Waals surface area contributed by atoms with E-state index < -0.39 is 5.91 Å². The molecule has 0 aromatic heterocycles. The monoisotopic (exact) mass is 359 g/mol. The maximum absolute atomic E-state index is 11.8. The van der Waals surface area contributed by atoms with E-state index >= 15 is 0 Å². The van der Waals surface area contributed by atoms with Crippen molar-refractivity contribution in [2.45, 2.75) is 6.92 Å². The molecule has 2 rings (SSSR count). The van der Waals surface area contributed by atoms with E-state index in [9.17, 15) is 9.59 Å². The van der Waals surface area contributed by atoms with Crippen molar-refractivity contribution in [3.05, 3.63) is 64.7 Å². The topological polar surface area (TPSA) is 79.8 Å². The third-order valence-electron chi connectivity index (χ3n) is 3.11. The van der Waals surface area contributed by atoms with Crippen LogP contribution in [0.5, 0.6) is 5.75 Å². The molecule has 130 valence electrons. The number of benzene rings is 2. The van der Waals surface area contributed by atoms with E-state index in [0.29, 0.717) is 28.5 Å². The Labute approximate surface area is 150 Å². The maximum Gasteiger partial charge on any atom is 0.259 e. The van der Waals surface area contributed by atoms with Crippen molar-refractivity contribution in [2.24, 2.45) is 5.10 Å². The highest BCUT2D eigenvalue weighted by Gasteiger charge is 2.07. The van der Waals surface area contributed by atoms with Gasteiger partial charge in [0.05, 0.1) is 19.4 Å². The molecule has 2 amide bonds. The Bertz CT molecular complexity index is 763. The summed E-state index contributed by atoms with van der Waals surface area (Å²) in [5.41, 5.74) is 3.47. The van der Waals surface area contributed by atoms with Crippen molar-refractivity contribution in [3.63, 3.8) is 0 Å². The number of hydrogen-bond donors (Lipinski definition) is 2. The fourth-order valence-electron chi connectivity index (χ4n) is 1.97. The van der Waals surface area contributed by atoms with Gasteiger partial charge >= 0.3 is 0 Å². The Morgan fingerprint density at radius 1 is 1.20 bits per heavy atom. The second-order valence-corrected chi connectivity index (χ2v) is 5.39. The van der Waals surface area contributed by atoms with Crippen molar-refractivity contribution in [3.8, 4) is 5.75 Å². The quantitative estimate of drug-likeness (QED) is 0.589. The van der Waals surface area contributed by atoms with Gasteiger partial charge in [-0.05, 0) is 37.3 Å². The number of carbonyl (C=O) groups excluding carboxylic acids is 2. The zero-order valence-corrected chi connectivity index (χ0v) is 14.4. The van der Waals surface area contributed by atoms with Gasteiger partial charge in [-0.2, -0.15) is 5.10 Å². The second kappa shape index (κ2) is 9.44. The predicted molar refractivity (Wildman–Crippen MR) is 97.1 cm³/mol. The van der Waals surface area contributed by atoms with Crippen LogP contribution < -0.4 is 15.5 Å². The highest BCUT2D eigenvalue weighted by Crippen LogP contribution is 2.21. The van der Waals surface area contributed by atoms with Gasteiger partial charge in [-0.25, -0.2) is 5.43 Å². The summed E-state index contributed by atoms with van der Waals surface area (Å²) in [5.74, 6) is -0.156. The second-order valence-electron chi connectivity index (χ2n) is 4.96. The van der Waals surface area contributed by atoms with Gasteiger partial charge in [0.15, 0.2) is 0 Å². The molecule has 2 N–H and O–H groups in total. The van der Waals surface area contributed by atoms with Gasteiger partial charge in [-0.3, -0.25) is 9.59 Å². The van der Waals surface area contributed by atoms with E-state index in [4.69, 9.17) is 16.3 Å². The molecule has 0 aliphatic carbocycles. The molecular formula is C18H18ClN3O3. The molecule has 0 saturated carbocycles. The molecule has 0 fully saturated rings. The van der Waals surface area contributed by atoms with Crippen LogP contribution in [0.3, 0.4) is 0 Å². The molecule has 25 heavy (non-hydrogen) atoms. The van der Waals surface area contributed by atoms with Crippen LogP contribution >= 0.6 is 11.6 Å². The molecule has 7 heteroatoms. The van der Waals surface area contributed by atoms with Gasteiger partial charge in [-0.15, -0.1) is 0 Å². The first-order valence-corrected chi connectivity index (χ1v) is 8.05. The number of hydrazone groups is 1. The van der Waals surface area contributed by atoms with Crippen LogP contribution in [0, 0.1) is 0 Å². The fraction of sp³-hybridized carbons (Fsp3) is 0.167. The highest BCUT2D eigenvalue weighted by atomic mass is 35.5. The molecule has 0 radical (unpaired) electrons. The molecule has 6 nitrogen and oxygen atoms in total. The average molecular weight is 360 g/mol. The Morgan fingerprint density at radius 3 is 2.68 bits per heavy atom. The molecule has 0 bridgehead atoms. The van der Waals surface area contributed by atoms with Crippen LogP contribution in [0.25, 0.3) is 0 Å². The Hall–Kier alpha value is -2.86. The lowest BCUT2D eigenvalue weighted by Gasteiger charge is -2.07. The number of hydrogen-bond acceptors (Lipinski definition) is 4. The zero-order chi connectivity index (χ0) is 18.1. The normalized spacial score (nSPS) is 10.5. The SMILES string of the molecule is CCOc1ccc(Cl)cc1/C=N\NC(=O)CNC(=O)c1ccccc1. The number of nitrogens with one attached hydrogen (secondary N) is 2. The molecule has 0 aliphatic rings. The summed E-state index contributed by atoms with van der Waals surface area (Å²) in [4.78, 5) is 23.6. The van der Waals surface area contributed by atoms with E-state index in [-0.39, 0.29) is 12.5 Å². The van der Waals surface area contributed by atoms with Gasteiger partial charge < -0.3 is 10.1 Å². The number of carbonyl (C=O) groups is 2. The first-order valence-electron chi connectivity index (χ1n) is 7.67. The van der Waals surface area contributed by atoms with Crippen molar-refractivity contribution in [1.82, 2.24) is 10.7 Å². The summed E-state index contributed by atoms with van der Waals surface area (Å²) in [5, 5.41) is 6.91. The fourth-order valence-corrected chi connectivity index (χ4v) is 2.15. The van der Waals surface area contributed by atoms with Gasteiger partial charge in [0.25, 0.3) is 11.8 Å². The minimum Gasteiger partial charge on any atom is -0.493 e. The van der Waals surface area contributed by atoms with E-state index in [0.717, 1.165) is 0 Å². The lowest BCUT2D eigenvalue weighted by Crippen LogP contribution is -2.34. The van der Waals surface area contributed by atoms with Crippen molar-refractivity contribution < 1.29 is 14.3 Å². The minimum absolute atomic E-state index is 0.182. The molecule has 0 aliphatic heterocycles. The largest absolute Gasteiger partial charge is 0.493 e. The van der Waals surface area contributed by atoms with Gasteiger partial charge in [0, 0.05) is 16.1 Å². The van der Waals surface area contributed by atoms with Gasteiger partial charge in [0.1, 0.15) is 5.75 Å². The molecule has 0 atom stereocenters. The maximum atomic E-state index is 11.8. The minimum atomic E-state index is -0.444. The number of nitrogens with zero attached hydrogens (tertiary/aromatic N) is 1. The molecule has 0 heterocycles. The molecule has 0 unspecified atom stereocenters. The molecule has 2 aromatic carbocycles. The average Bonchev–Trinajstić information content (AvgIpc) is 2.62. The predicted octanol–water partition coefficient (Wildman–Crippen LogP) is 2.62. The lowest BCUT2D eigenvalue weighted by atomic mass is 10.2.